The fraction of sp³-hybridized carbons (Fsp3) is 0.292. The Morgan fingerprint density at radius 3 is 2.38 bits per heavy atom. The molecule has 3 aromatic heterocycles. The highest BCUT2D eigenvalue weighted by atomic mass is 32.1. The second-order valence-corrected chi connectivity index (χ2v) is 9.12. The van der Waals surface area contributed by atoms with Gasteiger partial charge in [0.1, 0.15) is 16.5 Å². The number of carbonyl (C=O) groups excluding carboxylic acids is 1. The van der Waals surface area contributed by atoms with E-state index in [0.717, 1.165) is 63.8 Å². The van der Waals surface area contributed by atoms with Gasteiger partial charge >= 0.3 is 0 Å². The van der Waals surface area contributed by atoms with Crippen molar-refractivity contribution in [1.82, 2.24) is 19.9 Å². The molecule has 1 aromatic carbocycles. The first-order valence-corrected chi connectivity index (χ1v) is 11.5. The zero-order valence-electron chi connectivity index (χ0n) is 18.3. The molecular weight excluding hydrogens is 420 g/mol. The number of nitrogens with two attached hydrogens (primary N) is 1. The topological polar surface area (TPSA) is 97.9 Å². The summed E-state index contributed by atoms with van der Waals surface area (Å²) >= 11 is 1.55. The van der Waals surface area contributed by atoms with E-state index in [1.807, 2.05) is 30.3 Å². The highest BCUT2D eigenvalue weighted by Crippen LogP contribution is 2.42. The maximum atomic E-state index is 11.9. The molecule has 5 rings (SSSR count). The zero-order chi connectivity index (χ0) is 22.4. The number of hydrogen-bond acceptors (Lipinski definition) is 8. The fourth-order valence-electron chi connectivity index (χ4n) is 4.34. The minimum absolute atomic E-state index is 0.130. The molecule has 0 radical (unpaired) electrons. The van der Waals surface area contributed by atoms with Gasteiger partial charge in [0.15, 0.2) is 17.4 Å². The molecule has 0 saturated carbocycles. The number of thiophene rings is 1. The summed E-state index contributed by atoms with van der Waals surface area (Å²) in [5, 5.41) is 1.04. The Morgan fingerprint density at radius 1 is 1.00 bits per heavy atom. The fourth-order valence-corrected chi connectivity index (χ4v) is 5.45. The molecule has 8 heteroatoms. The van der Waals surface area contributed by atoms with Crippen LogP contribution in [0.3, 0.4) is 0 Å². The summed E-state index contributed by atoms with van der Waals surface area (Å²) in [5.41, 5.74) is 9.14. The lowest BCUT2D eigenvalue weighted by molar-refractivity contribution is 0.101. The van der Waals surface area contributed by atoms with E-state index in [4.69, 9.17) is 15.7 Å². The molecule has 0 amide bonds. The molecular formula is C24H24N6OS. The summed E-state index contributed by atoms with van der Waals surface area (Å²) in [4.78, 5) is 35.1. The van der Waals surface area contributed by atoms with Crippen LogP contribution in [0.25, 0.3) is 32.3 Å². The number of ketones is 1. The Labute approximate surface area is 190 Å². The Kier molecular flexibility index (Phi) is 5.09. The van der Waals surface area contributed by atoms with Crippen LogP contribution < -0.4 is 10.6 Å². The molecule has 0 spiro atoms. The van der Waals surface area contributed by atoms with Gasteiger partial charge in [-0.15, -0.1) is 11.3 Å². The van der Waals surface area contributed by atoms with Crippen LogP contribution in [-0.2, 0) is 0 Å². The summed E-state index contributed by atoms with van der Waals surface area (Å²) in [6.45, 7) is 7.31. The lowest BCUT2D eigenvalue weighted by Crippen LogP contribution is -2.20. The summed E-state index contributed by atoms with van der Waals surface area (Å²) in [6.07, 6.45) is 2.32. The molecule has 1 aliphatic rings. The zero-order valence-corrected chi connectivity index (χ0v) is 19.2. The lowest BCUT2D eigenvalue weighted by Gasteiger charge is -2.18. The van der Waals surface area contributed by atoms with Gasteiger partial charge < -0.3 is 10.6 Å². The van der Waals surface area contributed by atoms with Crippen LogP contribution in [0.15, 0.2) is 30.3 Å². The molecule has 32 heavy (non-hydrogen) atoms. The lowest BCUT2D eigenvalue weighted by atomic mass is 10.1. The molecule has 7 nitrogen and oxygen atoms in total. The first-order valence-electron chi connectivity index (χ1n) is 10.7. The maximum Gasteiger partial charge on any atom is 0.172 e. The van der Waals surface area contributed by atoms with Crippen molar-refractivity contribution in [2.75, 3.05) is 23.7 Å². The van der Waals surface area contributed by atoms with Gasteiger partial charge in [-0.2, -0.15) is 0 Å². The molecule has 4 heterocycles. The summed E-state index contributed by atoms with van der Waals surface area (Å²) in [6, 6.07) is 10.1. The van der Waals surface area contributed by atoms with Crippen molar-refractivity contribution in [2.24, 2.45) is 0 Å². The highest BCUT2D eigenvalue weighted by molar-refractivity contribution is 7.22. The van der Waals surface area contributed by atoms with Crippen LogP contribution in [-0.4, -0.2) is 38.8 Å². The molecule has 162 valence electrons. The molecule has 0 atom stereocenters. The number of aryl methyl sites for hydroxylation is 2. The number of rotatable bonds is 4. The van der Waals surface area contributed by atoms with Crippen molar-refractivity contribution in [3.63, 3.8) is 0 Å². The van der Waals surface area contributed by atoms with Crippen molar-refractivity contribution < 1.29 is 4.79 Å². The third-order valence-corrected chi connectivity index (χ3v) is 7.06. The average Bonchev–Trinajstić information content (AvgIpc) is 3.41. The molecule has 1 aliphatic heterocycles. The van der Waals surface area contributed by atoms with Crippen LogP contribution in [0.4, 0.5) is 11.6 Å². The molecule has 1 saturated heterocycles. The van der Waals surface area contributed by atoms with E-state index in [9.17, 15) is 4.79 Å². The van der Waals surface area contributed by atoms with Gasteiger partial charge in [0.2, 0.25) is 0 Å². The van der Waals surface area contributed by atoms with Gasteiger partial charge in [0.05, 0.1) is 21.5 Å². The molecule has 0 aliphatic carbocycles. The van der Waals surface area contributed by atoms with Crippen molar-refractivity contribution in [1.29, 1.82) is 0 Å². The largest absolute Gasteiger partial charge is 0.383 e. The summed E-state index contributed by atoms with van der Waals surface area (Å²) in [5.74, 6) is 2.30. The highest BCUT2D eigenvalue weighted by Gasteiger charge is 2.25. The van der Waals surface area contributed by atoms with Crippen LogP contribution in [0, 0.1) is 13.8 Å². The first-order chi connectivity index (χ1) is 15.4. The van der Waals surface area contributed by atoms with E-state index in [2.05, 4.69) is 21.8 Å². The molecule has 0 unspecified atom stereocenters. The van der Waals surface area contributed by atoms with E-state index in [0.29, 0.717) is 17.1 Å². The van der Waals surface area contributed by atoms with Crippen molar-refractivity contribution in [2.45, 2.75) is 33.6 Å². The third kappa shape index (κ3) is 3.40. The number of carbonyl (C=O) groups is 1. The van der Waals surface area contributed by atoms with Crippen LogP contribution >= 0.6 is 11.3 Å². The second-order valence-electron chi connectivity index (χ2n) is 8.12. The summed E-state index contributed by atoms with van der Waals surface area (Å²) < 4.78 is 0. The van der Waals surface area contributed by atoms with Gasteiger partial charge in [0, 0.05) is 18.7 Å². The number of anilines is 2. The molecule has 4 aromatic rings. The predicted octanol–water partition coefficient (Wildman–Crippen LogP) is 4.82. The van der Waals surface area contributed by atoms with Crippen molar-refractivity contribution in [3.05, 3.63) is 47.2 Å². The maximum absolute atomic E-state index is 11.9. The first kappa shape index (κ1) is 20.5. The number of aromatic nitrogens is 4. The average molecular weight is 445 g/mol. The standard InChI is InChI=1S/C24H24N6OS/c1-13-17-23(30-11-7-8-12-30)28-21(16-9-5-4-6-10-16)29-24(17)32-19(13)22-26-14(2)18(15(3)31)20(25)27-22/h4-6,9-10H,7-8,11-12H2,1-3H3,(H2,25,26,27). The van der Waals surface area contributed by atoms with Gasteiger partial charge in [0.25, 0.3) is 0 Å². The monoisotopic (exact) mass is 444 g/mol. The number of fused-ring (bicyclic) bond motifs is 1. The Hall–Kier alpha value is -3.39. The van der Waals surface area contributed by atoms with E-state index in [1.165, 1.54) is 6.92 Å². The third-order valence-electron chi connectivity index (χ3n) is 5.88. The van der Waals surface area contributed by atoms with E-state index in [-0.39, 0.29) is 11.6 Å². The van der Waals surface area contributed by atoms with Crippen molar-refractivity contribution >= 4 is 39.0 Å². The number of benzene rings is 1. The van der Waals surface area contributed by atoms with Crippen molar-refractivity contribution in [3.8, 4) is 22.1 Å². The Bertz CT molecular complexity index is 1320. The summed E-state index contributed by atoms with van der Waals surface area (Å²) in [7, 11) is 0. The van der Waals surface area contributed by atoms with Gasteiger partial charge in [-0.05, 0) is 39.2 Å². The molecule has 1 fully saturated rings. The second kappa shape index (κ2) is 7.94. The number of nitrogens with zero attached hydrogens (tertiary/aromatic N) is 5. The van der Waals surface area contributed by atoms with Crippen LogP contribution in [0.1, 0.15) is 41.4 Å². The van der Waals surface area contributed by atoms with E-state index in [1.54, 1.807) is 18.3 Å². The van der Waals surface area contributed by atoms with E-state index < -0.39 is 0 Å². The number of nitrogen functional groups attached to an aromatic ring is 1. The van der Waals surface area contributed by atoms with Gasteiger partial charge in [-0.1, -0.05) is 30.3 Å². The molecule has 2 N–H and O–H groups in total. The quantitative estimate of drug-likeness (QED) is 0.451. The SMILES string of the molecule is CC(=O)c1c(C)nc(-c2sc3nc(-c4ccccc4)nc(N4CCCC4)c3c2C)nc1N. The minimum Gasteiger partial charge on any atom is -0.383 e. The van der Waals surface area contributed by atoms with Gasteiger partial charge in [-0.25, -0.2) is 19.9 Å². The number of Topliss-reactive ketones (excluding diaryl/α,β-unsaturated/α-hetero) is 1. The smallest absolute Gasteiger partial charge is 0.172 e. The van der Waals surface area contributed by atoms with Crippen LogP contribution in [0.2, 0.25) is 0 Å². The number of hydrogen-bond donors (Lipinski definition) is 1. The van der Waals surface area contributed by atoms with Gasteiger partial charge in [-0.3, -0.25) is 4.79 Å². The van der Waals surface area contributed by atoms with E-state index >= 15 is 0 Å². The predicted molar refractivity (Wildman–Crippen MR) is 129 cm³/mol. The molecule has 0 bridgehead atoms. The minimum atomic E-state index is -0.130. The normalized spacial score (nSPS) is 13.8. The van der Waals surface area contributed by atoms with Crippen LogP contribution in [0.5, 0.6) is 0 Å². The Morgan fingerprint density at radius 2 is 1.72 bits per heavy atom. The Balaban J connectivity index is 1.74.